The Morgan fingerprint density at radius 1 is 1.10 bits per heavy atom. The predicted molar refractivity (Wildman–Crippen MR) is 114 cm³/mol. The molecule has 0 spiro atoms. The third kappa shape index (κ3) is 5.26. The second-order valence-electron chi connectivity index (χ2n) is 8.58. The average Bonchev–Trinajstić information content (AvgIpc) is 2.71. The van der Waals surface area contributed by atoms with Crippen LogP contribution in [0.1, 0.15) is 43.7 Å². The molecule has 5 heteroatoms. The molecule has 0 N–H and O–H groups in total. The zero-order valence-electron chi connectivity index (χ0n) is 18.3. The van der Waals surface area contributed by atoms with E-state index in [0.717, 1.165) is 39.0 Å². The summed E-state index contributed by atoms with van der Waals surface area (Å²) in [6.45, 7) is 9.70. The highest BCUT2D eigenvalue weighted by Gasteiger charge is 2.51. The minimum absolute atomic E-state index is 0.00659. The van der Waals surface area contributed by atoms with Gasteiger partial charge in [0.1, 0.15) is 5.78 Å². The van der Waals surface area contributed by atoms with Gasteiger partial charge in [0.15, 0.2) is 0 Å². The lowest BCUT2D eigenvalue weighted by Crippen LogP contribution is -2.58. The van der Waals surface area contributed by atoms with Crippen molar-refractivity contribution in [2.45, 2.75) is 51.0 Å². The van der Waals surface area contributed by atoms with Crippen LogP contribution in [0.4, 0.5) is 0 Å². The van der Waals surface area contributed by atoms with Gasteiger partial charge in [0.25, 0.3) is 0 Å². The summed E-state index contributed by atoms with van der Waals surface area (Å²) in [5.74, 6) is 0.953. The van der Waals surface area contributed by atoms with Crippen LogP contribution in [-0.4, -0.2) is 70.0 Å². The van der Waals surface area contributed by atoms with Crippen molar-refractivity contribution in [2.75, 3.05) is 53.2 Å². The Labute approximate surface area is 175 Å². The number of Topliss-reactive ketones (excluding diaryl/α,β-unsaturated/α-hetero) is 1. The van der Waals surface area contributed by atoms with Crippen molar-refractivity contribution in [2.24, 2.45) is 5.92 Å². The molecule has 0 amide bonds. The highest BCUT2D eigenvalue weighted by Crippen LogP contribution is 2.51. The van der Waals surface area contributed by atoms with Gasteiger partial charge in [0.05, 0.1) is 33.0 Å². The average molecular weight is 404 g/mol. The zero-order chi connectivity index (χ0) is 20.7. The summed E-state index contributed by atoms with van der Waals surface area (Å²) < 4.78 is 16.2. The van der Waals surface area contributed by atoms with Gasteiger partial charge in [-0.25, -0.2) is 0 Å². The smallest absolute Gasteiger partial charge is 0.133 e. The fourth-order valence-electron chi connectivity index (χ4n) is 5.46. The summed E-state index contributed by atoms with van der Waals surface area (Å²) in [4.78, 5) is 15.0. The molecule has 0 aromatic heterocycles. The first kappa shape index (κ1) is 22.4. The summed E-state index contributed by atoms with van der Waals surface area (Å²) in [6.07, 6.45) is 3.49. The van der Waals surface area contributed by atoms with Crippen LogP contribution in [0.5, 0.6) is 0 Å². The quantitative estimate of drug-likeness (QED) is 0.561. The molecule has 0 bridgehead atoms. The number of nitrogens with zero attached hydrogens (tertiary/aromatic N) is 1. The number of carbonyl (C=O) groups excluding carboxylic acids is 1. The van der Waals surface area contributed by atoms with E-state index in [-0.39, 0.29) is 5.41 Å². The maximum atomic E-state index is 12.5. The summed E-state index contributed by atoms with van der Waals surface area (Å²) in [5, 5.41) is 0. The van der Waals surface area contributed by atoms with Crippen molar-refractivity contribution < 1.29 is 19.0 Å². The molecule has 5 nitrogen and oxygen atoms in total. The molecule has 1 aromatic rings. The van der Waals surface area contributed by atoms with E-state index in [1.54, 1.807) is 7.11 Å². The van der Waals surface area contributed by atoms with Gasteiger partial charge in [-0.2, -0.15) is 0 Å². The number of aryl methyl sites for hydroxylation is 1. The summed E-state index contributed by atoms with van der Waals surface area (Å²) in [5.41, 5.74) is 2.73. The molecule has 3 rings (SSSR count). The van der Waals surface area contributed by atoms with Gasteiger partial charge in [-0.1, -0.05) is 24.3 Å². The zero-order valence-corrected chi connectivity index (χ0v) is 18.3. The molecule has 2 fully saturated rings. The number of likely N-dealkylation sites (tertiary alicyclic amines) is 1. The molecule has 1 heterocycles. The van der Waals surface area contributed by atoms with Crippen molar-refractivity contribution in [1.29, 1.82) is 0 Å². The van der Waals surface area contributed by atoms with E-state index in [2.05, 4.69) is 43.0 Å². The van der Waals surface area contributed by atoms with Gasteiger partial charge in [-0.05, 0) is 50.3 Å². The highest BCUT2D eigenvalue weighted by molar-refractivity contribution is 5.81. The molecule has 29 heavy (non-hydrogen) atoms. The lowest BCUT2D eigenvalue weighted by Gasteiger charge is -2.54. The fourth-order valence-corrected chi connectivity index (χ4v) is 5.46. The number of ether oxygens (including phenoxy) is 3. The van der Waals surface area contributed by atoms with E-state index in [1.807, 2.05) is 0 Å². The molecule has 0 radical (unpaired) electrons. The normalized spacial score (nSPS) is 27.8. The number of benzene rings is 1. The van der Waals surface area contributed by atoms with Crippen LogP contribution in [0.15, 0.2) is 24.3 Å². The standard InChI is InChI=1S/C24H37NO4/c1-19-6-4-5-7-22(19)24-10-11-25(12-13-28-16-17-29-15-14-27-3)20(2)23(24)9-8-21(26)18-24/h4-7,20,23H,8-18H2,1-3H3. The van der Waals surface area contributed by atoms with Crippen molar-refractivity contribution >= 4 is 5.78 Å². The van der Waals surface area contributed by atoms with Gasteiger partial charge >= 0.3 is 0 Å². The van der Waals surface area contributed by atoms with Gasteiger partial charge < -0.3 is 14.2 Å². The lowest BCUT2D eigenvalue weighted by molar-refractivity contribution is -0.126. The van der Waals surface area contributed by atoms with E-state index in [1.165, 1.54) is 11.1 Å². The van der Waals surface area contributed by atoms with Crippen LogP contribution in [0, 0.1) is 12.8 Å². The summed E-state index contributed by atoms with van der Waals surface area (Å²) in [6, 6.07) is 9.14. The number of methoxy groups -OCH3 is 1. The van der Waals surface area contributed by atoms with E-state index in [9.17, 15) is 4.79 Å². The van der Waals surface area contributed by atoms with E-state index < -0.39 is 0 Å². The largest absolute Gasteiger partial charge is 0.382 e. The van der Waals surface area contributed by atoms with Gasteiger partial charge in [0, 0.05) is 38.0 Å². The van der Waals surface area contributed by atoms with E-state index >= 15 is 0 Å². The third-order valence-corrected chi connectivity index (χ3v) is 6.97. The predicted octanol–water partition coefficient (Wildman–Crippen LogP) is 3.38. The van der Waals surface area contributed by atoms with Crippen LogP contribution >= 0.6 is 0 Å². The first-order valence-corrected chi connectivity index (χ1v) is 11.0. The molecule has 1 aliphatic heterocycles. The number of ketones is 1. The first-order valence-electron chi connectivity index (χ1n) is 11.0. The molecule has 162 valence electrons. The Hall–Kier alpha value is -1.27. The number of carbonyl (C=O) groups is 1. The van der Waals surface area contributed by atoms with Crippen LogP contribution in [0.2, 0.25) is 0 Å². The molecule has 1 aromatic carbocycles. The Balaban J connectivity index is 1.57. The van der Waals surface area contributed by atoms with Crippen LogP contribution in [0.25, 0.3) is 0 Å². The van der Waals surface area contributed by atoms with Crippen molar-refractivity contribution in [3.63, 3.8) is 0 Å². The van der Waals surface area contributed by atoms with Crippen LogP contribution < -0.4 is 0 Å². The topological polar surface area (TPSA) is 48.0 Å². The highest BCUT2D eigenvalue weighted by atomic mass is 16.5. The van der Waals surface area contributed by atoms with Crippen molar-refractivity contribution in [1.82, 2.24) is 4.90 Å². The number of hydrogen-bond acceptors (Lipinski definition) is 5. The lowest BCUT2D eigenvalue weighted by atomic mass is 9.56. The molecule has 1 saturated heterocycles. The van der Waals surface area contributed by atoms with Gasteiger partial charge in [-0.3, -0.25) is 9.69 Å². The molecule has 1 aliphatic carbocycles. The molecule has 3 unspecified atom stereocenters. The maximum Gasteiger partial charge on any atom is 0.133 e. The molecular formula is C24H37NO4. The SMILES string of the molecule is COCCOCCOCCN1CCC2(c3ccccc3C)CC(=O)CCC2C1C. The van der Waals surface area contributed by atoms with Crippen molar-refractivity contribution in [3.8, 4) is 0 Å². The maximum absolute atomic E-state index is 12.5. The number of piperidine rings is 1. The minimum Gasteiger partial charge on any atom is -0.382 e. The molecule has 1 saturated carbocycles. The number of rotatable bonds is 10. The van der Waals surface area contributed by atoms with Crippen LogP contribution in [-0.2, 0) is 24.4 Å². The summed E-state index contributed by atoms with van der Waals surface area (Å²) in [7, 11) is 1.68. The second-order valence-corrected chi connectivity index (χ2v) is 8.58. The fraction of sp³-hybridized carbons (Fsp3) is 0.708. The van der Waals surface area contributed by atoms with Crippen molar-refractivity contribution in [3.05, 3.63) is 35.4 Å². The monoisotopic (exact) mass is 403 g/mol. The van der Waals surface area contributed by atoms with Gasteiger partial charge in [0.2, 0.25) is 0 Å². The van der Waals surface area contributed by atoms with Crippen LogP contribution in [0.3, 0.4) is 0 Å². The first-order chi connectivity index (χ1) is 14.1. The Bertz CT molecular complexity index is 664. The van der Waals surface area contributed by atoms with E-state index in [0.29, 0.717) is 50.6 Å². The molecular weight excluding hydrogens is 366 g/mol. The Morgan fingerprint density at radius 3 is 2.59 bits per heavy atom. The molecule has 2 aliphatic rings. The van der Waals surface area contributed by atoms with E-state index in [4.69, 9.17) is 14.2 Å². The van der Waals surface area contributed by atoms with Gasteiger partial charge in [-0.15, -0.1) is 0 Å². The summed E-state index contributed by atoms with van der Waals surface area (Å²) >= 11 is 0. The Morgan fingerprint density at radius 2 is 1.83 bits per heavy atom. The molecule has 3 atom stereocenters. The number of fused-ring (bicyclic) bond motifs is 1. The minimum atomic E-state index is 0.00659. The second kappa shape index (κ2) is 10.7. The number of hydrogen-bond donors (Lipinski definition) is 0. The third-order valence-electron chi connectivity index (χ3n) is 6.97. The Kier molecular flexibility index (Phi) is 8.25.